The van der Waals surface area contributed by atoms with Crippen LogP contribution in [0.3, 0.4) is 0 Å². The largest absolute Gasteiger partial charge is 0.289 e. The quantitative estimate of drug-likeness (QED) is 0.868. The minimum atomic E-state index is -0.376. The summed E-state index contributed by atoms with van der Waals surface area (Å²) in [5, 5.41) is 4.14. The first-order chi connectivity index (χ1) is 10.2. The van der Waals surface area contributed by atoms with E-state index in [0.29, 0.717) is 17.8 Å². The van der Waals surface area contributed by atoms with Gasteiger partial charge in [0.25, 0.3) is 5.91 Å². The Bertz CT molecular complexity index is 703. The van der Waals surface area contributed by atoms with Crippen molar-refractivity contribution in [3.05, 3.63) is 59.7 Å². The second-order valence-electron chi connectivity index (χ2n) is 4.45. The van der Waals surface area contributed by atoms with Gasteiger partial charge in [-0.15, -0.1) is 11.8 Å². The summed E-state index contributed by atoms with van der Waals surface area (Å²) in [4.78, 5) is 16.8. The van der Waals surface area contributed by atoms with Crippen LogP contribution >= 0.6 is 11.8 Å². The maximum atomic E-state index is 13.4. The maximum Gasteiger partial charge on any atom is 0.289 e. The van der Waals surface area contributed by atoms with Gasteiger partial charge in [-0.05, 0) is 30.3 Å². The number of fused-ring (bicyclic) bond motifs is 1. The standard InChI is InChI=1S/C15H12FN3OS/c16-10-4-5-14-11(9-10)12(6-8-21-14)18-19-15(20)13-3-1-2-7-17-13/h1-5,7,9H,6,8H2,(H,19,20)/b18-12-. The molecule has 1 aliphatic heterocycles. The third-order valence-electron chi connectivity index (χ3n) is 3.04. The lowest BCUT2D eigenvalue weighted by molar-refractivity contribution is 0.0950. The Kier molecular flexibility index (Phi) is 3.96. The van der Waals surface area contributed by atoms with E-state index >= 15 is 0 Å². The van der Waals surface area contributed by atoms with E-state index in [4.69, 9.17) is 0 Å². The van der Waals surface area contributed by atoms with Gasteiger partial charge >= 0.3 is 0 Å². The summed E-state index contributed by atoms with van der Waals surface area (Å²) in [7, 11) is 0. The summed E-state index contributed by atoms with van der Waals surface area (Å²) in [6.45, 7) is 0. The molecule has 6 heteroatoms. The Morgan fingerprint density at radius 1 is 1.33 bits per heavy atom. The van der Waals surface area contributed by atoms with Gasteiger partial charge in [0.1, 0.15) is 11.5 Å². The normalized spacial score (nSPS) is 15.6. The molecule has 0 aliphatic carbocycles. The summed E-state index contributed by atoms with van der Waals surface area (Å²) in [6, 6.07) is 9.70. The predicted octanol–water partition coefficient (Wildman–Crippen LogP) is 2.85. The van der Waals surface area contributed by atoms with Gasteiger partial charge in [0, 0.05) is 28.8 Å². The number of thioether (sulfide) groups is 1. The zero-order valence-corrected chi connectivity index (χ0v) is 11.9. The lowest BCUT2D eigenvalue weighted by Gasteiger charge is -2.17. The highest BCUT2D eigenvalue weighted by atomic mass is 32.2. The van der Waals surface area contributed by atoms with Crippen molar-refractivity contribution in [3.8, 4) is 0 Å². The monoisotopic (exact) mass is 301 g/mol. The molecule has 0 bridgehead atoms. The van der Waals surface area contributed by atoms with Crippen molar-refractivity contribution in [2.75, 3.05) is 5.75 Å². The molecule has 1 amide bonds. The van der Waals surface area contributed by atoms with Gasteiger partial charge in [-0.3, -0.25) is 9.78 Å². The number of rotatable bonds is 2. The van der Waals surface area contributed by atoms with E-state index in [-0.39, 0.29) is 11.7 Å². The molecular weight excluding hydrogens is 289 g/mol. The van der Waals surface area contributed by atoms with E-state index in [2.05, 4.69) is 15.5 Å². The summed E-state index contributed by atoms with van der Waals surface area (Å²) in [5.41, 5.74) is 4.21. The number of hydrogen-bond acceptors (Lipinski definition) is 4. The molecule has 0 saturated carbocycles. The van der Waals surface area contributed by atoms with Crippen LogP contribution in [0.25, 0.3) is 0 Å². The number of amides is 1. The topological polar surface area (TPSA) is 54.4 Å². The van der Waals surface area contributed by atoms with Gasteiger partial charge in [-0.2, -0.15) is 5.10 Å². The molecule has 1 aromatic heterocycles. The Morgan fingerprint density at radius 2 is 2.24 bits per heavy atom. The number of hydrogen-bond donors (Lipinski definition) is 1. The molecule has 1 aromatic carbocycles. The molecule has 106 valence electrons. The first kappa shape index (κ1) is 13.8. The highest BCUT2D eigenvalue weighted by Crippen LogP contribution is 2.30. The van der Waals surface area contributed by atoms with Crippen molar-refractivity contribution in [1.29, 1.82) is 0 Å². The Hall–Kier alpha value is -2.21. The number of aromatic nitrogens is 1. The molecular formula is C15H12FN3OS. The molecule has 3 rings (SSSR count). The third-order valence-corrected chi connectivity index (χ3v) is 4.11. The molecule has 21 heavy (non-hydrogen) atoms. The number of benzene rings is 1. The SMILES string of the molecule is O=C(N/N=C1/CCSc2ccc(F)cc21)c1ccccn1. The van der Waals surface area contributed by atoms with Crippen LogP contribution in [0.4, 0.5) is 4.39 Å². The van der Waals surface area contributed by atoms with Crippen LogP contribution in [0.15, 0.2) is 52.6 Å². The lowest BCUT2D eigenvalue weighted by Crippen LogP contribution is -2.22. The summed E-state index contributed by atoms with van der Waals surface area (Å²) in [5.74, 6) is 0.177. The van der Waals surface area contributed by atoms with Gasteiger partial charge in [0.2, 0.25) is 0 Å². The fourth-order valence-corrected chi connectivity index (χ4v) is 3.05. The molecule has 0 saturated heterocycles. The third kappa shape index (κ3) is 3.11. The highest BCUT2D eigenvalue weighted by molar-refractivity contribution is 7.99. The second-order valence-corrected chi connectivity index (χ2v) is 5.59. The van der Waals surface area contributed by atoms with Crippen molar-refractivity contribution in [1.82, 2.24) is 10.4 Å². The average Bonchev–Trinajstić information content (AvgIpc) is 2.53. The average molecular weight is 301 g/mol. The van der Waals surface area contributed by atoms with Crippen molar-refractivity contribution in [3.63, 3.8) is 0 Å². The molecule has 1 N–H and O–H groups in total. The highest BCUT2D eigenvalue weighted by Gasteiger charge is 2.17. The van der Waals surface area contributed by atoms with E-state index in [0.717, 1.165) is 16.2 Å². The lowest BCUT2D eigenvalue weighted by atomic mass is 10.1. The minimum Gasteiger partial charge on any atom is -0.266 e. The Labute approximate surface area is 125 Å². The van der Waals surface area contributed by atoms with Crippen molar-refractivity contribution < 1.29 is 9.18 Å². The number of hydrazone groups is 1. The molecule has 0 unspecified atom stereocenters. The molecule has 0 fully saturated rings. The van der Waals surface area contributed by atoms with Gasteiger partial charge in [-0.1, -0.05) is 6.07 Å². The molecule has 1 aliphatic rings. The summed E-state index contributed by atoms with van der Waals surface area (Å²) < 4.78 is 13.4. The predicted molar refractivity (Wildman–Crippen MR) is 80.0 cm³/mol. The molecule has 0 spiro atoms. The van der Waals surface area contributed by atoms with Crippen LogP contribution < -0.4 is 5.43 Å². The van der Waals surface area contributed by atoms with Crippen LogP contribution in [0.2, 0.25) is 0 Å². The summed E-state index contributed by atoms with van der Waals surface area (Å²) >= 11 is 1.66. The zero-order chi connectivity index (χ0) is 14.7. The first-order valence-electron chi connectivity index (χ1n) is 6.45. The molecule has 0 radical (unpaired) electrons. The fraction of sp³-hybridized carbons (Fsp3) is 0.133. The van der Waals surface area contributed by atoms with E-state index in [9.17, 15) is 9.18 Å². The van der Waals surface area contributed by atoms with E-state index in [1.54, 1.807) is 42.2 Å². The smallest absolute Gasteiger partial charge is 0.266 e. The number of nitrogens with one attached hydrogen (secondary N) is 1. The molecule has 2 aromatic rings. The van der Waals surface area contributed by atoms with Gasteiger partial charge in [-0.25, -0.2) is 9.82 Å². The van der Waals surface area contributed by atoms with Crippen molar-refractivity contribution in [2.45, 2.75) is 11.3 Å². The number of nitrogens with zero attached hydrogens (tertiary/aromatic N) is 2. The maximum absolute atomic E-state index is 13.4. The van der Waals surface area contributed by atoms with Crippen molar-refractivity contribution in [2.24, 2.45) is 5.10 Å². The van der Waals surface area contributed by atoms with Crippen LogP contribution in [0, 0.1) is 5.82 Å². The van der Waals surface area contributed by atoms with Crippen LogP contribution in [0.5, 0.6) is 0 Å². The Balaban J connectivity index is 1.82. The number of halogens is 1. The van der Waals surface area contributed by atoms with Crippen LogP contribution in [0.1, 0.15) is 22.5 Å². The fourth-order valence-electron chi connectivity index (χ4n) is 2.03. The Morgan fingerprint density at radius 3 is 3.05 bits per heavy atom. The van der Waals surface area contributed by atoms with E-state index < -0.39 is 0 Å². The zero-order valence-electron chi connectivity index (χ0n) is 11.0. The molecule has 2 heterocycles. The van der Waals surface area contributed by atoms with Crippen LogP contribution in [-0.2, 0) is 0 Å². The van der Waals surface area contributed by atoms with Gasteiger partial charge in [0.15, 0.2) is 0 Å². The van der Waals surface area contributed by atoms with Crippen molar-refractivity contribution >= 4 is 23.4 Å². The second kappa shape index (κ2) is 6.05. The molecule has 0 atom stereocenters. The number of carbonyl (C=O) groups is 1. The van der Waals surface area contributed by atoms with E-state index in [1.807, 2.05) is 0 Å². The van der Waals surface area contributed by atoms with Gasteiger partial charge < -0.3 is 0 Å². The first-order valence-corrected chi connectivity index (χ1v) is 7.43. The minimum absolute atomic E-state index is 0.298. The van der Waals surface area contributed by atoms with Gasteiger partial charge in [0.05, 0.1) is 5.71 Å². The number of carbonyl (C=O) groups excluding carboxylic acids is 1. The van der Waals surface area contributed by atoms with E-state index in [1.165, 1.54) is 12.1 Å². The number of pyridine rings is 1. The van der Waals surface area contributed by atoms with Crippen LogP contribution in [-0.4, -0.2) is 22.4 Å². The molecule has 4 nitrogen and oxygen atoms in total. The summed E-state index contributed by atoms with van der Waals surface area (Å²) in [6.07, 6.45) is 2.23.